The molecule has 8 heteroatoms. The van der Waals surface area contributed by atoms with E-state index in [-0.39, 0.29) is 24.3 Å². The number of carbonyl (C=O) groups excluding carboxylic acids is 1. The Morgan fingerprint density at radius 2 is 2.16 bits per heavy atom. The predicted molar refractivity (Wildman–Crippen MR) is 88.9 cm³/mol. The van der Waals surface area contributed by atoms with E-state index >= 15 is 0 Å². The molecule has 0 unspecified atom stereocenters. The van der Waals surface area contributed by atoms with Gasteiger partial charge in [0.25, 0.3) is 5.91 Å². The number of hydrogen-bond donors (Lipinski definition) is 1. The van der Waals surface area contributed by atoms with E-state index in [1.807, 2.05) is 24.3 Å². The van der Waals surface area contributed by atoms with Crippen molar-refractivity contribution in [2.75, 3.05) is 0 Å². The van der Waals surface area contributed by atoms with Crippen LogP contribution in [0.5, 0.6) is 0 Å². The SMILES string of the molecule is O=C(NCc1ccco1)c1nnn2c1CO[C@H](c1ccc(Cl)cc1)C2. The molecule has 0 saturated heterocycles. The zero-order valence-corrected chi connectivity index (χ0v) is 13.9. The van der Waals surface area contributed by atoms with E-state index in [4.69, 9.17) is 20.8 Å². The molecule has 0 bridgehead atoms. The number of hydrogen-bond acceptors (Lipinski definition) is 5. The number of rotatable bonds is 4. The van der Waals surface area contributed by atoms with Crippen LogP contribution in [-0.4, -0.2) is 20.9 Å². The van der Waals surface area contributed by atoms with Gasteiger partial charge in [-0.15, -0.1) is 5.10 Å². The summed E-state index contributed by atoms with van der Waals surface area (Å²) in [5.41, 5.74) is 1.96. The average Bonchev–Trinajstić information content (AvgIpc) is 3.29. The summed E-state index contributed by atoms with van der Waals surface area (Å²) in [6, 6.07) is 11.1. The number of fused-ring (bicyclic) bond motifs is 1. The van der Waals surface area contributed by atoms with Crippen LogP contribution in [0.1, 0.15) is 33.6 Å². The summed E-state index contributed by atoms with van der Waals surface area (Å²) < 4.78 is 12.8. The number of benzene rings is 1. The number of nitrogens with zero attached hydrogens (tertiary/aromatic N) is 3. The van der Waals surface area contributed by atoms with Gasteiger partial charge in [-0.05, 0) is 29.8 Å². The van der Waals surface area contributed by atoms with E-state index < -0.39 is 0 Å². The molecule has 7 nitrogen and oxygen atoms in total. The standard InChI is InChI=1S/C17H15ClN4O3/c18-12-5-3-11(4-6-12)15-9-22-14(10-25-15)16(20-21-22)17(23)19-8-13-2-1-7-24-13/h1-7,15H,8-10H2,(H,19,23)/t15-/m0/s1. The van der Waals surface area contributed by atoms with E-state index in [2.05, 4.69) is 15.6 Å². The van der Waals surface area contributed by atoms with Crippen LogP contribution in [0.4, 0.5) is 0 Å². The smallest absolute Gasteiger partial charge is 0.274 e. The average molecular weight is 359 g/mol. The van der Waals surface area contributed by atoms with E-state index in [9.17, 15) is 4.79 Å². The Morgan fingerprint density at radius 1 is 1.32 bits per heavy atom. The molecule has 0 fully saturated rings. The maximum atomic E-state index is 12.3. The van der Waals surface area contributed by atoms with Crippen molar-refractivity contribution >= 4 is 17.5 Å². The lowest BCUT2D eigenvalue weighted by Gasteiger charge is -2.24. The Bertz CT molecular complexity index is 874. The Hall–Kier alpha value is -2.64. The van der Waals surface area contributed by atoms with Gasteiger partial charge in [0.2, 0.25) is 0 Å². The van der Waals surface area contributed by atoms with Crippen LogP contribution >= 0.6 is 11.6 Å². The molecule has 1 N–H and O–H groups in total. The van der Waals surface area contributed by atoms with Crippen molar-refractivity contribution in [3.8, 4) is 0 Å². The summed E-state index contributed by atoms with van der Waals surface area (Å²) in [6.07, 6.45) is 1.41. The molecule has 0 aliphatic carbocycles. The second-order valence-corrected chi connectivity index (χ2v) is 6.12. The number of nitrogens with one attached hydrogen (secondary N) is 1. The summed E-state index contributed by atoms with van der Waals surface area (Å²) in [5.74, 6) is 0.375. The van der Waals surface area contributed by atoms with Crippen LogP contribution in [0.3, 0.4) is 0 Å². The number of furan rings is 1. The first-order valence-corrected chi connectivity index (χ1v) is 8.18. The highest BCUT2D eigenvalue weighted by atomic mass is 35.5. The maximum absolute atomic E-state index is 12.3. The van der Waals surface area contributed by atoms with Crippen LogP contribution in [0.2, 0.25) is 5.02 Å². The number of carbonyl (C=O) groups is 1. The molecular weight excluding hydrogens is 344 g/mol. The maximum Gasteiger partial charge on any atom is 0.274 e. The first-order chi connectivity index (χ1) is 12.2. The second-order valence-electron chi connectivity index (χ2n) is 5.68. The molecule has 0 radical (unpaired) electrons. The van der Waals surface area contributed by atoms with E-state index in [1.165, 1.54) is 0 Å². The monoisotopic (exact) mass is 358 g/mol. The van der Waals surface area contributed by atoms with E-state index in [0.717, 1.165) is 5.56 Å². The highest BCUT2D eigenvalue weighted by molar-refractivity contribution is 6.30. The van der Waals surface area contributed by atoms with Crippen molar-refractivity contribution < 1.29 is 13.9 Å². The van der Waals surface area contributed by atoms with Gasteiger partial charge < -0.3 is 14.5 Å². The van der Waals surface area contributed by atoms with Gasteiger partial charge in [-0.2, -0.15) is 0 Å². The van der Waals surface area contributed by atoms with Crippen molar-refractivity contribution in [2.24, 2.45) is 0 Å². The molecule has 1 aliphatic heterocycles. The van der Waals surface area contributed by atoms with E-state index in [0.29, 0.717) is 29.6 Å². The summed E-state index contributed by atoms with van der Waals surface area (Å²) in [7, 11) is 0. The first-order valence-electron chi connectivity index (χ1n) is 7.81. The molecule has 1 aromatic carbocycles. The summed E-state index contributed by atoms with van der Waals surface area (Å²) in [4.78, 5) is 12.3. The zero-order valence-electron chi connectivity index (χ0n) is 13.2. The quantitative estimate of drug-likeness (QED) is 0.775. The number of ether oxygens (including phenoxy) is 1. The molecule has 1 aliphatic rings. The minimum Gasteiger partial charge on any atom is -0.467 e. The summed E-state index contributed by atoms with van der Waals surface area (Å²) >= 11 is 5.92. The summed E-state index contributed by atoms with van der Waals surface area (Å²) in [6.45, 7) is 1.06. The van der Waals surface area contributed by atoms with Crippen molar-refractivity contribution in [1.29, 1.82) is 0 Å². The van der Waals surface area contributed by atoms with Crippen LogP contribution < -0.4 is 5.32 Å². The minimum absolute atomic E-state index is 0.148. The topological polar surface area (TPSA) is 82.2 Å². The van der Waals surface area contributed by atoms with Crippen LogP contribution in [0.25, 0.3) is 0 Å². The minimum atomic E-state index is -0.300. The summed E-state index contributed by atoms with van der Waals surface area (Å²) in [5, 5.41) is 11.5. The van der Waals surface area contributed by atoms with Crippen molar-refractivity contribution in [2.45, 2.75) is 25.8 Å². The lowest BCUT2D eigenvalue weighted by atomic mass is 10.1. The van der Waals surface area contributed by atoms with Crippen LogP contribution in [0, 0.1) is 0 Å². The highest BCUT2D eigenvalue weighted by Gasteiger charge is 2.27. The number of halogens is 1. The van der Waals surface area contributed by atoms with Gasteiger partial charge in [-0.3, -0.25) is 4.79 Å². The first kappa shape index (κ1) is 15.9. The molecule has 2 aromatic heterocycles. The molecular formula is C17H15ClN4O3. The third kappa shape index (κ3) is 3.29. The van der Waals surface area contributed by atoms with Gasteiger partial charge >= 0.3 is 0 Å². The predicted octanol–water partition coefficient (Wildman–Crippen LogP) is 2.73. The van der Waals surface area contributed by atoms with Gasteiger partial charge in [0, 0.05) is 5.02 Å². The number of amides is 1. The highest BCUT2D eigenvalue weighted by Crippen LogP contribution is 2.27. The fraction of sp³-hybridized carbons (Fsp3) is 0.235. The lowest BCUT2D eigenvalue weighted by molar-refractivity contribution is -0.00177. The van der Waals surface area contributed by atoms with Crippen LogP contribution in [-0.2, 0) is 24.4 Å². The molecule has 1 atom stereocenters. The van der Waals surface area contributed by atoms with E-state index in [1.54, 1.807) is 23.1 Å². The Morgan fingerprint density at radius 3 is 2.92 bits per heavy atom. The lowest BCUT2D eigenvalue weighted by Crippen LogP contribution is -2.27. The Kier molecular flexibility index (Phi) is 4.25. The zero-order chi connectivity index (χ0) is 17.2. The Labute approximate surface area is 148 Å². The van der Waals surface area contributed by atoms with Crippen molar-refractivity contribution in [1.82, 2.24) is 20.3 Å². The largest absolute Gasteiger partial charge is 0.467 e. The molecule has 25 heavy (non-hydrogen) atoms. The van der Waals surface area contributed by atoms with Gasteiger partial charge in [0.1, 0.15) is 11.9 Å². The third-order valence-electron chi connectivity index (χ3n) is 4.06. The normalized spacial score (nSPS) is 16.4. The van der Waals surface area contributed by atoms with Gasteiger partial charge in [0.05, 0.1) is 31.7 Å². The van der Waals surface area contributed by atoms with Crippen molar-refractivity contribution in [3.05, 3.63) is 70.4 Å². The number of aromatic nitrogens is 3. The fourth-order valence-electron chi connectivity index (χ4n) is 2.73. The molecule has 1 amide bonds. The molecule has 3 heterocycles. The van der Waals surface area contributed by atoms with Crippen molar-refractivity contribution in [3.63, 3.8) is 0 Å². The Balaban J connectivity index is 1.46. The molecule has 128 valence electrons. The molecule has 3 aromatic rings. The van der Waals surface area contributed by atoms with Gasteiger partial charge in [0.15, 0.2) is 5.69 Å². The fourth-order valence-corrected chi connectivity index (χ4v) is 2.86. The molecule has 4 rings (SSSR count). The van der Waals surface area contributed by atoms with Gasteiger partial charge in [-0.1, -0.05) is 28.9 Å². The second kappa shape index (κ2) is 6.70. The molecule has 0 saturated carbocycles. The van der Waals surface area contributed by atoms with Crippen LogP contribution in [0.15, 0.2) is 47.1 Å². The molecule has 0 spiro atoms. The third-order valence-corrected chi connectivity index (χ3v) is 4.31. The van der Waals surface area contributed by atoms with Gasteiger partial charge in [-0.25, -0.2) is 4.68 Å².